The maximum atomic E-state index is 12.0. The largest absolute Gasteiger partial charge is 0.494 e. The van der Waals surface area contributed by atoms with Crippen LogP contribution >= 0.6 is 0 Å². The molecule has 1 aliphatic rings. The third kappa shape index (κ3) is 6.40. The quantitative estimate of drug-likeness (QED) is 0.278. The molecular formula is C29H39NO3. The molecule has 0 unspecified atom stereocenters. The Balaban J connectivity index is 1.85. The predicted molar refractivity (Wildman–Crippen MR) is 138 cm³/mol. The SMILES string of the molecule is CCCCCCCOc1cc(Nc2ccc(C(=O)OCC)cc2)c2c(c1)C(C)(C)CC=C2C. The lowest BCUT2D eigenvalue weighted by Crippen LogP contribution is -2.22. The molecule has 0 saturated heterocycles. The summed E-state index contributed by atoms with van der Waals surface area (Å²) in [4.78, 5) is 12.0. The molecule has 2 aromatic carbocycles. The number of nitrogens with one attached hydrogen (secondary N) is 1. The van der Waals surface area contributed by atoms with E-state index in [0.29, 0.717) is 12.2 Å². The lowest BCUT2D eigenvalue weighted by Gasteiger charge is -2.33. The smallest absolute Gasteiger partial charge is 0.338 e. The maximum Gasteiger partial charge on any atom is 0.338 e. The van der Waals surface area contributed by atoms with Crippen LogP contribution in [0.25, 0.3) is 5.57 Å². The molecule has 0 saturated carbocycles. The molecular weight excluding hydrogens is 410 g/mol. The van der Waals surface area contributed by atoms with Crippen molar-refractivity contribution in [1.29, 1.82) is 0 Å². The standard InChI is InChI=1S/C29H39NO3/c1-6-8-9-10-11-18-33-24-19-25-27(21(3)16-17-29(25,4)5)26(20-24)30-23-14-12-22(13-15-23)28(31)32-7-2/h12-16,19-20,30H,6-11,17-18H2,1-5H3. The molecule has 0 heterocycles. The molecule has 1 aliphatic carbocycles. The van der Waals surface area contributed by atoms with E-state index in [1.165, 1.54) is 42.4 Å². The number of esters is 1. The molecule has 2 aromatic rings. The third-order valence-corrected chi connectivity index (χ3v) is 6.35. The van der Waals surface area contributed by atoms with Gasteiger partial charge in [-0.2, -0.15) is 0 Å². The van der Waals surface area contributed by atoms with Crippen molar-refractivity contribution in [1.82, 2.24) is 0 Å². The van der Waals surface area contributed by atoms with Crippen LogP contribution < -0.4 is 10.1 Å². The molecule has 4 heteroatoms. The molecule has 0 atom stereocenters. The van der Waals surface area contributed by atoms with Gasteiger partial charge in [0.1, 0.15) is 5.75 Å². The number of rotatable bonds is 11. The highest BCUT2D eigenvalue weighted by atomic mass is 16.5. The molecule has 0 radical (unpaired) electrons. The third-order valence-electron chi connectivity index (χ3n) is 6.35. The summed E-state index contributed by atoms with van der Waals surface area (Å²) >= 11 is 0. The lowest BCUT2D eigenvalue weighted by molar-refractivity contribution is 0.0526. The van der Waals surface area contributed by atoms with Gasteiger partial charge in [-0.05, 0) is 73.6 Å². The minimum Gasteiger partial charge on any atom is -0.494 e. The zero-order chi connectivity index (χ0) is 23.8. The van der Waals surface area contributed by atoms with Crippen LogP contribution in [-0.2, 0) is 10.2 Å². The van der Waals surface area contributed by atoms with E-state index in [-0.39, 0.29) is 11.4 Å². The van der Waals surface area contributed by atoms with Crippen molar-refractivity contribution in [2.45, 2.75) is 78.6 Å². The molecule has 3 rings (SSSR count). The van der Waals surface area contributed by atoms with Crippen molar-refractivity contribution >= 4 is 22.9 Å². The number of carbonyl (C=O) groups excluding carboxylic acids is 1. The highest BCUT2D eigenvalue weighted by Crippen LogP contribution is 2.45. The van der Waals surface area contributed by atoms with Gasteiger partial charge >= 0.3 is 5.97 Å². The number of carbonyl (C=O) groups is 1. The van der Waals surface area contributed by atoms with Crippen molar-refractivity contribution in [3.05, 3.63) is 59.2 Å². The summed E-state index contributed by atoms with van der Waals surface area (Å²) in [7, 11) is 0. The minimum absolute atomic E-state index is 0.0412. The number of fused-ring (bicyclic) bond motifs is 1. The van der Waals surface area contributed by atoms with Gasteiger partial charge < -0.3 is 14.8 Å². The van der Waals surface area contributed by atoms with E-state index in [1.54, 1.807) is 12.1 Å². The van der Waals surface area contributed by atoms with Gasteiger partial charge in [0.05, 0.1) is 24.5 Å². The number of anilines is 2. The second-order valence-electron chi connectivity index (χ2n) is 9.55. The summed E-state index contributed by atoms with van der Waals surface area (Å²) in [5.74, 6) is 0.619. The number of ether oxygens (including phenoxy) is 2. The molecule has 0 fully saturated rings. The Morgan fingerprint density at radius 2 is 1.76 bits per heavy atom. The fourth-order valence-corrected chi connectivity index (χ4v) is 4.33. The van der Waals surface area contributed by atoms with Crippen molar-refractivity contribution in [3.63, 3.8) is 0 Å². The van der Waals surface area contributed by atoms with E-state index in [0.717, 1.165) is 36.6 Å². The van der Waals surface area contributed by atoms with E-state index < -0.39 is 0 Å². The summed E-state index contributed by atoms with van der Waals surface area (Å²) < 4.78 is 11.3. The van der Waals surface area contributed by atoms with Crippen LogP contribution in [0.4, 0.5) is 11.4 Å². The van der Waals surface area contributed by atoms with Crippen molar-refractivity contribution in [2.24, 2.45) is 0 Å². The monoisotopic (exact) mass is 449 g/mol. The Morgan fingerprint density at radius 1 is 1.03 bits per heavy atom. The molecule has 0 bridgehead atoms. The first-order valence-corrected chi connectivity index (χ1v) is 12.4. The summed E-state index contributed by atoms with van der Waals surface area (Å²) in [6.45, 7) is 11.9. The molecule has 33 heavy (non-hydrogen) atoms. The average molecular weight is 450 g/mol. The van der Waals surface area contributed by atoms with Crippen LogP contribution in [0.5, 0.6) is 5.75 Å². The predicted octanol–water partition coefficient (Wildman–Crippen LogP) is 8.04. The molecule has 0 aliphatic heterocycles. The van der Waals surface area contributed by atoms with Crippen molar-refractivity contribution < 1.29 is 14.3 Å². The van der Waals surface area contributed by atoms with Gasteiger partial charge in [-0.25, -0.2) is 4.79 Å². The Morgan fingerprint density at radius 3 is 2.45 bits per heavy atom. The highest BCUT2D eigenvalue weighted by molar-refractivity contribution is 5.90. The number of unbranched alkanes of at least 4 members (excludes halogenated alkanes) is 4. The number of hydrogen-bond acceptors (Lipinski definition) is 4. The Hall–Kier alpha value is -2.75. The zero-order valence-corrected chi connectivity index (χ0v) is 20.9. The van der Waals surface area contributed by atoms with Gasteiger partial charge in [-0.1, -0.05) is 52.5 Å². The van der Waals surface area contributed by atoms with E-state index in [4.69, 9.17) is 9.47 Å². The fourth-order valence-electron chi connectivity index (χ4n) is 4.33. The van der Waals surface area contributed by atoms with Crippen LogP contribution in [0.3, 0.4) is 0 Å². The molecule has 178 valence electrons. The first kappa shape index (κ1) is 24.9. The number of allylic oxidation sites excluding steroid dienone is 2. The van der Waals surface area contributed by atoms with E-state index in [1.807, 2.05) is 19.1 Å². The van der Waals surface area contributed by atoms with Gasteiger partial charge in [-0.15, -0.1) is 0 Å². The van der Waals surface area contributed by atoms with Crippen LogP contribution in [0, 0.1) is 0 Å². The first-order chi connectivity index (χ1) is 15.9. The van der Waals surface area contributed by atoms with Crippen molar-refractivity contribution in [2.75, 3.05) is 18.5 Å². The zero-order valence-electron chi connectivity index (χ0n) is 20.9. The average Bonchev–Trinajstić information content (AvgIpc) is 2.79. The van der Waals surface area contributed by atoms with Crippen LogP contribution in [0.1, 0.15) is 94.6 Å². The Bertz CT molecular complexity index is 973. The van der Waals surface area contributed by atoms with E-state index in [9.17, 15) is 4.79 Å². The molecule has 0 aromatic heterocycles. The lowest BCUT2D eigenvalue weighted by atomic mass is 9.73. The molecule has 4 nitrogen and oxygen atoms in total. The van der Waals surface area contributed by atoms with Gasteiger partial charge in [-0.3, -0.25) is 0 Å². The highest BCUT2D eigenvalue weighted by Gasteiger charge is 2.29. The first-order valence-electron chi connectivity index (χ1n) is 12.4. The molecule has 0 spiro atoms. The normalized spacial score (nSPS) is 14.3. The summed E-state index contributed by atoms with van der Waals surface area (Å²) in [6, 6.07) is 11.8. The van der Waals surface area contributed by atoms with Crippen molar-refractivity contribution in [3.8, 4) is 5.75 Å². The van der Waals surface area contributed by atoms with Gasteiger partial charge in [0.25, 0.3) is 0 Å². The summed E-state index contributed by atoms with van der Waals surface area (Å²) in [5.41, 5.74) is 6.41. The van der Waals surface area contributed by atoms with Crippen LogP contribution in [0.15, 0.2) is 42.5 Å². The maximum absolute atomic E-state index is 12.0. The minimum atomic E-state index is -0.295. The molecule has 0 amide bonds. The number of benzene rings is 2. The second-order valence-corrected chi connectivity index (χ2v) is 9.55. The van der Waals surface area contributed by atoms with E-state index >= 15 is 0 Å². The van der Waals surface area contributed by atoms with Gasteiger partial charge in [0.2, 0.25) is 0 Å². The van der Waals surface area contributed by atoms with Gasteiger partial charge in [0.15, 0.2) is 0 Å². The Labute approximate surface area is 199 Å². The van der Waals surface area contributed by atoms with Crippen LogP contribution in [0.2, 0.25) is 0 Å². The summed E-state index contributed by atoms with van der Waals surface area (Å²) in [5, 5.41) is 3.58. The number of hydrogen-bond donors (Lipinski definition) is 1. The topological polar surface area (TPSA) is 47.6 Å². The summed E-state index contributed by atoms with van der Waals surface area (Å²) in [6.07, 6.45) is 9.45. The van der Waals surface area contributed by atoms with Gasteiger partial charge in [0, 0.05) is 17.3 Å². The molecule has 1 N–H and O–H groups in total. The fraction of sp³-hybridized carbons (Fsp3) is 0.483. The Kier molecular flexibility index (Phi) is 8.60. The van der Waals surface area contributed by atoms with E-state index in [2.05, 4.69) is 51.2 Å². The van der Waals surface area contributed by atoms with Crippen LogP contribution in [-0.4, -0.2) is 19.2 Å². The second kappa shape index (κ2) is 11.4.